The molecule has 1 aromatic carbocycles. The fourth-order valence-corrected chi connectivity index (χ4v) is 3.04. The molecule has 0 fully saturated rings. The molecule has 2 rings (SSSR count). The van der Waals surface area contributed by atoms with E-state index in [1.165, 1.54) is 18.2 Å². The van der Waals surface area contributed by atoms with Crippen molar-refractivity contribution >= 4 is 17.6 Å². The molecular formula is C21H25F2NO3. The van der Waals surface area contributed by atoms with Gasteiger partial charge in [-0.1, -0.05) is 38.4 Å². The summed E-state index contributed by atoms with van der Waals surface area (Å²) >= 11 is 0. The Balaban J connectivity index is 2.07. The van der Waals surface area contributed by atoms with E-state index in [2.05, 4.69) is 5.16 Å². The van der Waals surface area contributed by atoms with Crippen LogP contribution in [0.5, 0.6) is 0 Å². The second-order valence-corrected chi connectivity index (χ2v) is 7.41. The zero-order valence-electron chi connectivity index (χ0n) is 15.9. The van der Waals surface area contributed by atoms with Gasteiger partial charge in [-0.3, -0.25) is 4.79 Å². The van der Waals surface area contributed by atoms with Gasteiger partial charge in [0.25, 0.3) is 0 Å². The number of carbonyl (C=O) groups excluding carboxylic acids is 1. The molecule has 146 valence electrons. The van der Waals surface area contributed by atoms with Crippen molar-refractivity contribution in [2.45, 2.75) is 46.5 Å². The molecule has 1 aliphatic rings. The number of nitrogens with zero attached hydrogens (tertiary/aromatic N) is 1. The lowest BCUT2D eigenvalue weighted by Gasteiger charge is -2.29. The monoisotopic (exact) mass is 377 g/mol. The third-order valence-corrected chi connectivity index (χ3v) is 4.23. The van der Waals surface area contributed by atoms with Crippen LogP contribution in [0.3, 0.4) is 0 Å². The minimum Gasteiger partial charge on any atom is -0.511 e. The van der Waals surface area contributed by atoms with Crippen LogP contribution in [0.25, 0.3) is 6.08 Å². The Morgan fingerprint density at radius 3 is 2.70 bits per heavy atom. The lowest BCUT2D eigenvalue weighted by atomic mass is 9.75. The van der Waals surface area contributed by atoms with Gasteiger partial charge in [0.05, 0.1) is 11.3 Å². The number of rotatable bonds is 7. The highest BCUT2D eigenvalue weighted by molar-refractivity contribution is 6.23. The van der Waals surface area contributed by atoms with Crippen molar-refractivity contribution in [1.29, 1.82) is 0 Å². The van der Waals surface area contributed by atoms with E-state index in [1.54, 1.807) is 6.08 Å². The summed E-state index contributed by atoms with van der Waals surface area (Å²) in [5.74, 6) is -1.38. The average molecular weight is 377 g/mol. The zero-order valence-corrected chi connectivity index (χ0v) is 15.9. The largest absolute Gasteiger partial charge is 0.511 e. The van der Waals surface area contributed by atoms with Crippen LogP contribution in [0.15, 0.2) is 40.8 Å². The highest BCUT2D eigenvalue weighted by Crippen LogP contribution is 2.36. The molecule has 27 heavy (non-hydrogen) atoms. The van der Waals surface area contributed by atoms with Crippen molar-refractivity contribution in [2.75, 3.05) is 6.61 Å². The molecule has 0 unspecified atom stereocenters. The summed E-state index contributed by atoms with van der Waals surface area (Å²) in [7, 11) is 0. The second-order valence-electron chi connectivity index (χ2n) is 7.41. The first-order valence-electron chi connectivity index (χ1n) is 8.99. The van der Waals surface area contributed by atoms with Gasteiger partial charge in [-0.15, -0.1) is 0 Å². The van der Waals surface area contributed by atoms with Crippen molar-refractivity contribution < 1.29 is 23.5 Å². The van der Waals surface area contributed by atoms with Crippen molar-refractivity contribution in [3.63, 3.8) is 0 Å². The number of allylic oxidation sites excluding steroid dienone is 2. The summed E-state index contributed by atoms with van der Waals surface area (Å²) in [6.07, 6.45) is 5.02. The molecular weight excluding hydrogens is 352 g/mol. The van der Waals surface area contributed by atoms with Crippen LogP contribution in [0.4, 0.5) is 8.78 Å². The fourth-order valence-electron chi connectivity index (χ4n) is 3.04. The Labute approximate surface area is 158 Å². The van der Waals surface area contributed by atoms with Gasteiger partial charge in [0.15, 0.2) is 5.78 Å². The predicted octanol–water partition coefficient (Wildman–Crippen LogP) is 5.35. The Kier molecular flexibility index (Phi) is 6.88. The molecule has 1 N–H and O–H groups in total. The highest BCUT2D eigenvalue weighted by atomic mass is 19.1. The minimum absolute atomic E-state index is 0.0518. The van der Waals surface area contributed by atoms with E-state index in [1.807, 2.05) is 20.8 Å². The van der Waals surface area contributed by atoms with Crippen LogP contribution in [0.2, 0.25) is 0 Å². The van der Waals surface area contributed by atoms with E-state index in [0.29, 0.717) is 25.0 Å². The number of carbonyl (C=O) groups is 1. The smallest absolute Gasteiger partial charge is 0.168 e. The predicted molar refractivity (Wildman–Crippen MR) is 101 cm³/mol. The maximum atomic E-state index is 13.5. The molecule has 4 nitrogen and oxygen atoms in total. The second kappa shape index (κ2) is 8.93. The van der Waals surface area contributed by atoms with E-state index in [4.69, 9.17) is 4.84 Å². The number of aliphatic hydroxyl groups excluding tert-OH is 1. The number of hydrogen-bond acceptors (Lipinski definition) is 4. The molecule has 0 amide bonds. The molecule has 1 aliphatic carbocycles. The van der Waals surface area contributed by atoms with Gasteiger partial charge < -0.3 is 9.94 Å². The van der Waals surface area contributed by atoms with Crippen molar-refractivity contribution in [3.05, 3.63) is 52.8 Å². The first kappa shape index (κ1) is 20.8. The van der Waals surface area contributed by atoms with E-state index in [9.17, 15) is 18.7 Å². The van der Waals surface area contributed by atoms with Crippen LogP contribution in [-0.4, -0.2) is 23.2 Å². The van der Waals surface area contributed by atoms with Gasteiger partial charge in [0.1, 0.15) is 24.0 Å². The molecule has 0 aliphatic heterocycles. The number of ketones is 1. The van der Waals surface area contributed by atoms with Gasteiger partial charge in [-0.2, -0.15) is 0 Å². The van der Waals surface area contributed by atoms with Crippen LogP contribution in [0, 0.1) is 17.0 Å². The third-order valence-electron chi connectivity index (χ3n) is 4.23. The lowest BCUT2D eigenvalue weighted by Crippen LogP contribution is -2.29. The van der Waals surface area contributed by atoms with Gasteiger partial charge >= 0.3 is 0 Å². The SMILES string of the molecule is CCCC(=NOCC=Cc1ccc(F)cc1F)C1=C(O)CC(C)(C)CC1=O. The fraction of sp³-hybridized carbons (Fsp3) is 0.429. The standard InChI is InChI=1S/C21H25F2NO3/c1-4-6-17(20-18(25)12-21(2,3)13-19(20)26)24-27-10-5-7-14-8-9-15(22)11-16(14)23/h5,7-9,11,25H,4,6,10,12-13H2,1-3H3. The van der Waals surface area contributed by atoms with Crippen molar-refractivity contribution in [3.8, 4) is 0 Å². The van der Waals surface area contributed by atoms with E-state index < -0.39 is 11.6 Å². The summed E-state index contributed by atoms with van der Waals surface area (Å²) in [6, 6.07) is 3.31. The third kappa shape index (κ3) is 5.74. The topological polar surface area (TPSA) is 58.9 Å². The maximum absolute atomic E-state index is 13.5. The van der Waals surface area contributed by atoms with E-state index >= 15 is 0 Å². The molecule has 0 aromatic heterocycles. The number of halogens is 2. The summed E-state index contributed by atoms with van der Waals surface area (Å²) in [4.78, 5) is 17.7. The summed E-state index contributed by atoms with van der Waals surface area (Å²) in [6.45, 7) is 5.87. The normalized spacial score (nSPS) is 17.7. The van der Waals surface area contributed by atoms with E-state index in [-0.39, 0.29) is 34.7 Å². The first-order valence-corrected chi connectivity index (χ1v) is 8.99. The van der Waals surface area contributed by atoms with Gasteiger partial charge in [0, 0.05) is 24.5 Å². The molecule has 0 spiro atoms. The van der Waals surface area contributed by atoms with Crippen LogP contribution >= 0.6 is 0 Å². The highest BCUT2D eigenvalue weighted by Gasteiger charge is 2.35. The number of aliphatic hydroxyl groups is 1. The molecule has 6 heteroatoms. The van der Waals surface area contributed by atoms with Crippen molar-refractivity contribution in [1.82, 2.24) is 0 Å². The van der Waals surface area contributed by atoms with E-state index in [0.717, 1.165) is 12.5 Å². The van der Waals surface area contributed by atoms with Crippen LogP contribution < -0.4 is 0 Å². The lowest BCUT2D eigenvalue weighted by molar-refractivity contribution is -0.118. The molecule has 1 aromatic rings. The Bertz CT molecular complexity index is 795. The maximum Gasteiger partial charge on any atom is 0.168 e. The average Bonchev–Trinajstić information content (AvgIpc) is 2.54. The Hall–Kier alpha value is -2.50. The minimum atomic E-state index is -0.660. The van der Waals surface area contributed by atoms with Crippen LogP contribution in [-0.2, 0) is 9.63 Å². The molecule has 0 saturated carbocycles. The summed E-state index contributed by atoms with van der Waals surface area (Å²) in [5, 5.41) is 14.3. The molecule has 0 heterocycles. The van der Waals surface area contributed by atoms with Crippen molar-refractivity contribution in [2.24, 2.45) is 10.6 Å². The summed E-state index contributed by atoms with van der Waals surface area (Å²) < 4.78 is 26.4. The van der Waals surface area contributed by atoms with Gasteiger partial charge in [-0.05, 0) is 30.0 Å². The molecule has 0 radical (unpaired) electrons. The Morgan fingerprint density at radius 1 is 1.33 bits per heavy atom. The summed E-state index contributed by atoms with van der Waals surface area (Å²) in [5.41, 5.74) is 0.648. The van der Waals surface area contributed by atoms with Crippen LogP contribution in [0.1, 0.15) is 52.0 Å². The number of benzene rings is 1. The number of hydrogen-bond donors (Lipinski definition) is 1. The quantitative estimate of drug-likeness (QED) is 0.396. The number of oxime groups is 1. The molecule has 0 saturated heterocycles. The number of Topliss-reactive ketones (excluding diaryl/α,β-unsaturated/α-hetero) is 1. The Morgan fingerprint density at radius 2 is 2.07 bits per heavy atom. The molecule has 0 bridgehead atoms. The zero-order chi connectivity index (χ0) is 20.0. The van der Waals surface area contributed by atoms with Gasteiger partial charge in [-0.25, -0.2) is 8.78 Å². The first-order chi connectivity index (χ1) is 12.7. The molecule has 0 atom stereocenters. The van der Waals surface area contributed by atoms with Gasteiger partial charge in [0.2, 0.25) is 0 Å².